The van der Waals surface area contributed by atoms with Crippen molar-refractivity contribution in [2.24, 2.45) is 0 Å². The molecule has 0 amide bonds. The second-order valence-corrected chi connectivity index (χ2v) is 4.73. The fourth-order valence-corrected chi connectivity index (χ4v) is 1.67. The molecule has 9 heteroatoms. The van der Waals surface area contributed by atoms with Crippen LogP contribution in [0.3, 0.4) is 0 Å². The van der Waals surface area contributed by atoms with E-state index in [9.17, 15) is 4.79 Å². The average Bonchev–Trinajstić information content (AvgIpc) is 2.46. The molecule has 4 N–H and O–H groups in total. The summed E-state index contributed by atoms with van der Waals surface area (Å²) in [6, 6.07) is 6.62. The highest BCUT2D eigenvalue weighted by molar-refractivity contribution is 6.30. The summed E-state index contributed by atoms with van der Waals surface area (Å²) in [6.45, 7) is 1.39. The maximum Gasteiger partial charge on any atom is 0.347 e. The second kappa shape index (κ2) is 6.90. The second-order valence-electron chi connectivity index (χ2n) is 4.29. The summed E-state index contributed by atoms with van der Waals surface area (Å²) >= 11 is 5.77. The summed E-state index contributed by atoms with van der Waals surface area (Å²) < 4.78 is 10.5. The van der Waals surface area contributed by atoms with Crippen LogP contribution in [-0.2, 0) is 16.1 Å². The van der Waals surface area contributed by atoms with Crippen LogP contribution in [0.15, 0.2) is 24.3 Å². The zero-order valence-electron chi connectivity index (χ0n) is 11.7. The molecule has 0 aliphatic carbocycles. The fraction of sp³-hybridized carbons (Fsp3) is 0.231. The van der Waals surface area contributed by atoms with Crippen LogP contribution in [0, 0.1) is 0 Å². The molecule has 0 unspecified atom stereocenters. The Bertz CT molecular complexity index is 645. The van der Waals surface area contributed by atoms with Gasteiger partial charge in [0.05, 0.1) is 0 Å². The first-order chi connectivity index (χ1) is 10.4. The number of anilines is 2. The number of benzene rings is 1. The number of nitrogens with two attached hydrogens (primary N) is 2. The van der Waals surface area contributed by atoms with Crippen LogP contribution in [0.5, 0.6) is 5.75 Å². The summed E-state index contributed by atoms with van der Waals surface area (Å²) in [5.41, 5.74) is 10.8. The molecule has 2 rings (SSSR count). The highest BCUT2D eigenvalue weighted by Crippen LogP contribution is 2.17. The minimum atomic E-state index is -0.808. The highest BCUT2D eigenvalue weighted by Gasteiger charge is 2.17. The van der Waals surface area contributed by atoms with Gasteiger partial charge in [-0.1, -0.05) is 11.6 Å². The van der Waals surface area contributed by atoms with Crippen LogP contribution < -0.4 is 16.2 Å². The van der Waals surface area contributed by atoms with Crippen LogP contribution in [-0.4, -0.2) is 27.0 Å². The molecule has 8 nitrogen and oxygen atoms in total. The van der Waals surface area contributed by atoms with E-state index in [4.69, 9.17) is 32.5 Å². The third-order valence-corrected chi connectivity index (χ3v) is 2.77. The first-order valence-electron chi connectivity index (χ1n) is 6.29. The lowest BCUT2D eigenvalue weighted by atomic mass is 10.3. The Morgan fingerprint density at radius 1 is 1.18 bits per heavy atom. The van der Waals surface area contributed by atoms with Crippen molar-refractivity contribution in [1.82, 2.24) is 15.0 Å². The number of nitrogen functional groups attached to an aromatic ring is 2. The van der Waals surface area contributed by atoms with Gasteiger partial charge in [-0.05, 0) is 31.2 Å². The zero-order valence-corrected chi connectivity index (χ0v) is 12.4. The standard InChI is InChI=1S/C13H14ClN5O3/c1-7(22-9-4-2-8(14)3-5-9)11(20)21-6-10-17-12(15)19-13(16)18-10/h2-5,7H,6H2,1H3,(H4,15,16,17,18,19)/t7-/m1/s1. The molecule has 0 saturated carbocycles. The molecular weight excluding hydrogens is 310 g/mol. The molecule has 0 spiro atoms. The average molecular weight is 324 g/mol. The topological polar surface area (TPSA) is 126 Å². The van der Waals surface area contributed by atoms with Crippen molar-refractivity contribution in [2.75, 3.05) is 11.5 Å². The molecule has 0 saturated heterocycles. The van der Waals surface area contributed by atoms with Crippen molar-refractivity contribution >= 4 is 29.5 Å². The number of esters is 1. The number of ether oxygens (including phenoxy) is 2. The Balaban J connectivity index is 1.89. The maximum atomic E-state index is 11.9. The molecule has 22 heavy (non-hydrogen) atoms. The van der Waals surface area contributed by atoms with Crippen molar-refractivity contribution in [3.63, 3.8) is 0 Å². The van der Waals surface area contributed by atoms with Gasteiger partial charge in [-0.3, -0.25) is 0 Å². The Morgan fingerprint density at radius 2 is 1.77 bits per heavy atom. The van der Waals surface area contributed by atoms with Crippen molar-refractivity contribution in [2.45, 2.75) is 19.6 Å². The quantitative estimate of drug-likeness (QED) is 0.786. The number of hydrogen-bond acceptors (Lipinski definition) is 8. The Labute approximate surface area is 131 Å². The summed E-state index contributed by atoms with van der Waals surface area (Å²) in [4.78, 5) is 23.1. The maximum absolute atomic E-state index is 11.9. The lowest BCUT2D eigenvalue weighted by Crippen LogP contribution is -2.26. The predicted molar refractivity (Wildman–Crippen MR) is 80.0 cm³/mol. The number of carbonyl (C=O) groups is 1. The number of rotatable bonds is 5. The van der Waals surface area contributed by atoms with E-state index in [2.05, 4.69) is 15.0 Å². The van der Waals surface area contributed by atoms with Crippen molar-refractivity contribution < 1.29 is 14.3 Å². The van der Waals surface area contributed by atoms with Crippen LogP contribution in [0.4, 0.5) is 11.9 Å². The van der Waals surface area contributed by atoms with E-state index in [0.29, 0.717) is 10.8 Å². The smallest absolute Gasteiger partial charge is 0.347 e. The van der Waals surface area contributed by atoms with E-state index in [1.165, 1.54) is 0 Å². The van der Waals surface area contributed by atoms with Gasteiger partial charge in [0.1, 0.15) is 5.75 Å². The van der Waals surface area contributed by atoms with Gasteiger partial charge >= 0.3 is 5.97 Å². The number of aromatic nitrogens is 3. The van der Waals surface area contributed by atoms with Gasteiger partial charge in [-0.15, -0.1) is 0 Å². The van der Waals surface area contributed by atoms with Gasteiger partial charge in [0.2, 0.25) is 11.9 Å². The first kappa shape index (κ1) is 15.8. The SMILES string of the molecule is C[C@@H](Oc1ccc(Cl)cc1)C(=O)OCc1nc(N)nc(N)n1. The van der Waals surface area contributed by atoms with E-state index in [1.54, 1.807) is 31.2 Å². The van der Waals surface area contributed by atoms with Crippen molar-refractivity contribution in [1.29, 1.82) is 0 Å². The number of halogens is 1. The largest absolute Gasteiger partial charge is 0.479 e. The van der Waals surface area contributed by atoms with Gasteiger partial charge in [0.15, 0.2) is 18.5 Å². The van der Waals surface area contributed by atoms with E-state index in [-0.39, 0.29) is 24.3 Å². The minimum absolute atomic E-state index is 0.0380. The molecule has 0 radical (unpaired) electrons. The van der Waals surface area contributed by atoms with Gasteiger partial charge in [0.25, 0.3) is 0 Å². The Kier molecular flexibility index (Phi) is 4.95. The van der Waals surface area contributed by atoms with Crippen molar-refractivity contribution in [3.8, 4) is 5.75 Å². The van der Waals surface area contributed by atoms with Crippen LogP contribution in [0.25, 0.3) is 0 Å². The molecule has 1 heterocycles. The molecule has 116 valence electrons. The first-order valence-corrected chi connectivity index (χ1v) is 6.66. The summed E-state index contributed by atoms with van der Waals surface area (Å²) in [7, 11) is 0. The fourth-order valence-electron chi connectivity index (χ4n) is 1.54. The van der Waals surface area contributed by atoms with Gasteiger partial charge in [-0.25, -0.2) is 4.79 Å². The molecule has 0 aliphatic rings. The molecule has 0 aliphatic heterocycles. The van der Waals surface area contributed by atoms with Crippen LogP contribution in [0.1, 0.15) is 12.7 Å². The van der Waals surface area contributed by atoms with Crippen LogP contribution >= 0.6 is 11.6 Å². The zero-order chi connectivity index (χ0) is 16.1. The van der Waals surface area contributed by atoms with E-state index in [0.717, 1.165) is 0 Å². The predicted octanol–water partition coefficient (Wildman–Crippen LogP) is 1.20. The number of carbonyl (C=O) groups excluding carboxylic acids is 1. The molecule has 1 aromatic heterocycles. The summed E-state index contributed by atoms with van der Waals surface area (Å²) in [5.74, 6) is 0.0140. The number of hydrogen-bond donors (Lipinski definition) is 2. The normalized spacial score (nSPS) is 11.7. The third kappa shape index (κ3) is 4.45. The molecule has 0 fully saturated rings. The summed E-state index contributed by atoms with van der Waals surface area (Å²) in [6.07, 6.45) is -0.808. The van der Waals surface area contributed by atoms with E-state index in [1.807, 2.05) is 0 Å². The van der Waals surface area contributed by atoms with E-state index < -0.39 is 12.1 Å². The number of nitrogens with zero attached hydrogens (tertiary/aromatic N) is 3. The lowest BCUT2D eigenvalue weighted by molar-refractivity contribution is -0.152. The molecule has 0 bridgehead atoms. The minimum Gasteiger partial charge on any atom is -0.479 e. The highest BCUT2D eigenvalue weighted by atomic mass is 35.5. The van der Waals surface area contributed by atoms with Crippen molar-refractivity contribution in [3.05, 3.63) is 35.1 Å². The molecule has 1 aromatic carbocycles. The Morgan fingerprint density at radius 3 is 2.36 bits per heavy atom. The third-order valence-electron chi connectivity index (χ3n) is 2.52. The summed E-state index contributed by atoms with van der Waals surface area (Å²) in [5, 5.41) is 0.576. The molecular formula is C13H14ClN5O3. The monoisotopic (exact) mass is 323 g/mol. The van der Waals surface area contributed by atoms with Gasteiger partial charge in [-0.2, -0.15) is 15.0 Å². The van der Waals surface area contributed by atoms with Gasteiger partial charge < -0.3 is 20.9 Å². The van der Waals surface area contributed by atoms with E-state index >= 15 is 0 Å². The lowest BCUT2D eigenvalue weighted by Gasteiger charge is -2.13. The van der Waals surface area contributed by atoms with Gasteiger partial charge in [0, 0.05) is 5.02 Å². The Hall–Kier alpha value is -2.61. The molecule has 2 aromatic rings. The molecule has 1 atom stereocenters. The van der Waals surface area contributed by atoms with Crippen LogP contribution in [0.2, 0.25) is 5.02 Å².